The van der Waals surface area contributed by atoms with Crippen LogP contribution >= 0.6 is 0 Å². The highest BCUT2D eigenvalue weighted by Gasteiger charge is 2.34. The fourth-order valence-corrected chi connectivity index (χ4v) is 1.67. The van der Waals surface area contributed by atoms with Gasteiger partial charge in [0.2, 0.25) is 5.91 Å². The molecule has 0 saturated carbocycles. The number of carbonyl (C=O) groups is 1. The van der Waals surface area contributed by atoms with Crippen LogP contribution in [0, 0.1) is 5.92 Å². The van der Waals surface area contributed by atoms with Gasteiger partial charge >= 0.3 is 6.18 Å². The highest BCUT2D eigenvalue weighted by Crippen LogP contribution is 2.18. The van der Waals surface area contributed by atoms with Crippen molar-refractivity contribution in [3.8, 4) is 0 Å². The van der Waals surface area contributed by atoms with Gasteiger partial charge in [-0.15, -0.1) is 0 Å². The summed E-state index contributed by atoms with van der Waals surface area (Å²) >= 11 is 0. The second-order valence-corrected chi connectivity index (χ2v) is 4.98. The number of halogens is 3. The van der Waals surface area contributed by atoms with E-state index in [0.29, 0.717) is 6.42 Å². The minimum Gasteiger partial charge on any atom is -0.332 e. The number of unbranched alkanes of at least 4 members (excludes halogenated alkanes) is 1. The molecule has 1 amide bonds. The van der Waals surface area contributed by atoms with Crippen LogP contribution in [0.2, 0.25) is 0 Å². The number of carbonyl (C=O) groups excluding carboxylic acids is 1. The Hall–Kier alpha value is -0.780. The summed E-state index contributed by atoms with van der Waals surface area (Å²) in [4.78, 5) is 12.7. The van der Waals surface area contributed by atoms with Crippen molar-refractivity contribution < 1.29 is 18.0 Å². The van der Waals surface area contributed by atoms with Gasteiger partial charge in [0, 0.05) is 6.54 Å². The molecule has 1 atom stereocenters. The predicted octanol–water partition coefficient (Wildman–Crippen LogP) is 2.55. The summed E-state index contributed by atoms with van der Waals surface area (Å²) in [5.41, 5.74) is 5.64. The summed E-state index contributed by atoms with van der Waals surface area (Å²) in [7, 11) is 0. The summed E-state index contributed by atoms with van der Waals surface area (Å²) < 4.78 is 37.2. The van der Waals surface area contributed by atoms with Crippen LogP contribution in [-0.2, 0) is 4.79 Å². The van der Waals surface area contributed by atoms with E-state index in [1.807, 2.05) is 6.92 Å². The first kappa shape index (κ1) is 17.2. The minimum absolute atomic E-state index is 0.0188. The quantitative estimate of drug-likeness (QED) is 0.771. The highest BCUT2D eigenvalue weighted by atomic mass is 19.4. The van der Waals surface area contributed by atoms with Crippen molar-refractivity contribution in [2.75, 3.05) is 13.1 Å². The molecule has 0 aromatic carbocycles. The van der Waals surface area contributed by atoms with Crippen LogP contribution in [0.3, 0.4) is 0 Å². The van der Waals surface area contributed by atoms with Gasteiger partial charge in [-0.3, -0.25) is 4.79 Å². The van der Waals surface area contributed by atoms with E-state index in [4.69, 9.17) is 5.73 Å². The van der Waals surface area contributed by atoms with Crippen molar-refractivity contribution in [3.05, 3.63) is 0 Å². The Morgan fingerprint density at radius 1 is 1.33 bits per heavy atom. The fraction of sp³-hybridized carbons (Fsp3) is 0.917. The summed E-state index contributed by atoms with van der Waals surface area (Å²) in [5.74, 6) is -0.621. The van der Waals surface area contributed by atoms with Gasteiger partial charge in [0.1, 0.15) is 6.54 Å². The lowest BCUT2D eigenvalue weighted by Crippen LogP contribution is -2.48. The van der Waals surface area contributed by atoms with E-state index in [-0.39, 0.29) is 12.5 Å². The van der Waals surface area contributed by atoms with Crippen molar-refractivity contribution in [1.29, 1.82) is 0 Å². The van der Waals surface area contributed by atoms with E-state index in [1.165, 1.54) is 0 Å². The summed E-state index contributed by atoms with van der Waals surface area (Å²) in [6, 6.07) is -0.828. The maximum absolute atomic E-state index is 12.4. The number of nitrogens with zero attached hydrogens (tertiary/aromatic N) is 1. The van der Waals surface area contributed by atoms with Gasteiger partial charge in [-0.1, -0.05) is 33.6 Å². The monoisotopic (exact) mass is 268 g/mol. The Bertz CT molecular complexity index is 254. The van der Waals surface area contributed by atoms with Gasteiger partial charge in [0.15, 0.2) is 0 Å². The third-order valence-corrected chi connectivity index (χ3v) is 2.45. The van der Waals surface area contributed by atoms with E-state index in [9.17, 15) is 18.0 Å². The second-order valence-electron chi connectivity index (χ2n) is 4.98. The van der Waals surface area contributed by atoms with Gasteiger partial charge in [-0.25, -0.2) is 0 Å². The summed E-state index contributed by atoms with van der Waals surface area (Å²) in [6.07, 6.45) is -2.34. The molecular formula is C12H23F3N2O. The Balaban J connectivity index is 4.58. The van der Waals surface area contributed by atoms with Gasteiger partial charge in [0.05, 0.1) is 6.04 Å². The maximum atomic E-state index is 12.4. The molecule has 2 N–H and O–H groups in total. The van der Waals surface area contributed by atoms with Crippen LogP contribution in [0.1, 0.15) is 40.0 Å². The molecule has 0 bridgehead atoms. The molecule has 18 heavy (non-hydrogen) atoms. The molecule has 0 spiro atoms. The molecule has 0 aliphatic carbocycles. The number of hydrogen-bond acceptors (Lipinski definition) is 2. The van der Waals surface area contributed by atoms with Crippen molar-refractivity contribution >= 4 is 5.91 Å². The molecule has 3 nitrogen and oxygen atoms in total. The van der Waals surface area contributed by atoms with Crippen LogP contribution in [0.25, 0.3) is 0 Å². The SMILES string of the molecule is CCCC[C@H](N)C(=O)N(CC(C)C)CC(F)(F)F. The maximum Gasteiger partial charge on any atom is 0.406 e. The van der Waals surface area contributed by atoms with Crippen molar-refractivity contribution in [2.24, 2.45) is 11.7 Å². The Morgan fingerprint density at radius 3 is 2.28 bits per heavy atom. The lowest BCUT2D eigenvalue weighted by Gasteiger charge is -2.28. The minimum atomic E-state index is -4.38. The molecule has 0 aliphatic heterocycles. The van der Waals surface area contributed by atoms with Crippen molar-refractivity contribution in [1.82, 2.24) is 4.90 Å². The zero-order valence-electron chi connectivity index (χ0n) is 11.3. The lowest BCUT2D eigenvalue weighted by molar-refractivity contribution is -0.163. The molecule has 0 aromatic rings. The third kappa shape index (κ3) is 7.53. The number of alkyl halides is 3. The zero-order valence-corrected chi connectivity index (χ0v) is 11.3. The van der Waals surface area contributed by atoms with Crippen LogP contribution < -0.4 is 5.73 Å². The van der Waals surface area contributed by atoms with Gasteiger partial charge in [0.25, 0.3) is 0 Å². The Kier molecular flexibility index (Phi) is 7.28. The molecule has 0 saturated heterocycles. The Morgan fingerprint density at radius 2 is 1.89 bits per heavy atom. The van der Waals surface area contributed by atoms with Crippen molar-refractivity contribution in [2.45, 2.75) is 52.3 Å². The van der Waals surface area contributed by atoms with Crippen LogP contribution in [0.15, 0.2) is 0 Å². The zero-order chi connectivity index (χ0) is 14.3. The van der Waals surface area contributed by atoms with Crippen LogP contribution in [0.4, 0.5) is 13.2 Å². The van der Waals surface area contributed by atoms with E-state index in [1.54, 1.807) is 13.8 Å². The predicted molar refractivity (Wildman–Crippen MR) is 65.0 cm³/mol. The molecular weight excluding hydrogens is 245 g/mol. The van der Waals surface area contributed by atoms with E-state index < -0.39 is 24.7 Å². The molecule has 0 unspecified atom stereocenters. The highest BCUT2D eigenvalue weighted by molar-refractivity contribution is 5.81. The molecule has 0 fully saturated rings. The molecule has 0 heterocycles. The Labute approximate surface area is 107 Å². The number of amides is 1. The molecule has 0 radical (unpaired) electrons. The van der Waals surface area contributed by atoms with E-state index in [2.05, 4.69) is 0 Å². The first-order chi connectivity index (χ1) is 8.17. The average Bonchev–Trinajstić information content (AvgIpc) is 2.21. The smallest absolute Gasteiger partial charge is 0.332 e. The molecule has 0 rings (SSSR count). The topological polar surface area (TPSA) is 46.3 Å². The van der Waals surface area contributed by atoms with Crippen LogP contribution in [-0.4, -0.2) is 36.1 Å². The number of rotatable bonds is 7. The number of hydrogen-bond donors (Lipinski definition) is 1. The van der Waals surface area contributed by atoms with E-state index in [0.717, 1.165) is 17.7 Å². The van der Waals surface area contributed by atoms with E-state index >= 15 is 0 Å². The van der Waals surface area contributed by atoms with Crippen LogP contribution in [0.5, 0.6) is 0 Å². The fourth-order valence-electron chi connectivity index (χ4n) is 1.67. The average molecular weight is 268 g/mol. The standard InChI is InChI=1S/C12H23F3N2O/c1-4-5-6-10(16)11(18)17(7-9(2)3)8-12(13,14)15/h9-10H,4-8,16H2,1-3H3/t10-/m0/s1. The summed E-state index contributed by atoms with van der Waals surface area (Å²) in [5, 5.41) is 0. The lowest BCUT2D eigenvalue weighted by atomic mass is 10.1. The molecule has 108 valence electrons. The first-order valence-electron chi connectivity index (χ1n) is 6.28. The normalized spacial score (nSPS) is 13.8. The third-order valence-electron chi connectivity index (χ3n) is 2.45. The largest absolute Gasteiger partial charge is 0.406 e. The molecule has 0 aromatic heterocycles. The molecule has 0 aliphatic rings. The molecule has 6 heteroatoms. The van der Waals surface area contributed by atoms with Gasteiger partial charge < -0.3 is 10.6 Å². The number of nitrogens with two attached hydrogens (primary N) is 1. The van der Waals surface area contributed by atoms with Gasteiger partial charge in [-0.05, 0) is 12.3 Å². The van der Waals surface area contributed by atoms with Gasteiger partial charge in [-0.2, -0.15) is 13.2 Å². The van der Waals surface area contributed by atoms with Crippen molar-refractivity contribution in [3.63, 3.8) is 0 Å². The first-order valence-corrected chi connectivity index (χ1v) is 6.28. The second kappa shape index (κ2) is 7.61. The summed E-state index contributed by atoms with van der Waals surface area (Å²) in [6.45, 7) is 4.35.